The lowest BCUT2D eigenvalue weighted by atomic mass is 10.1. The number of aryl methyl sites for hydroxylation is 1. The lowest BCUT2D eigenvalue weighted by Crippen LogP contribution is -2.39. The van der Waals surface area contributed by atoms with Gasteiger partial charge >= 0.3 is 0 Å². The summed E-state index contributed by atoms with van der Waals surface area (Å²) in [5.41, 5.74) is 2.24. The molecule has 114 valence electrons. The zero-order valence-electron chi connectivity index (χ0n) is 13.2. The molecule has 4 nitrogen and oxygen atoms in total. The Morgan fingerprint density at radius 2 is 2.10 bits per heavy atom. The molecular weight excluding hydrogens is 264 g/mol. The molecule has 1 N–H and O–H groups in total. The smallest absolute Gasteiger partial charge is 0.241 e. The first-order chi connectivity index (χ1) is 10.0. The van der Waals surface area contributed by atoms with Crippen molar-refractivity contribution in [1.29, 1.82) is 0 Å². The minimum Gasteiger partial charge on any atom is -0.496 e. The van der Waals surface area contributed by atoms with Crippen LogP contribution in [0.15, 0.2) is 18.2 Å². The van der Waals surface area contributed by atoms with Crippen LogP contribution >= 0.6 is 0 Å². The molecule has 3 rings (SSSR count). The molecule has 3 unspecified atom stereocenters. The lowest BCUT2D eigenvalue weighted by molar-refractivity contribution is -0.132. The summed E-state index contributed by atoms with van der Waals surface area (Å²) < 4.78 is 5.33. The summed E-state index contributed by atoms with van der Waals surface area (Å²) in [6.07, 6.45) is 2.47. The first-order valence-corrected chi connectivity index (χ1v) is 7.75. The van der Waals surface area contributed by atoms with Crippen molar-refractivity contribution in [3.05, 3.63) is 29.3 Å². The van der Waals surface area contributed by atoms with E-state index in [0.29, 0.717) is 12.0 Å². The van der Waals surface area contributed by atoms with Crippen molar-refractivity contribution < 1.29 is 9.53 Å². The number of carbonyl (C=O) groups is 1. The number of hydrogen-bond acceptors (Lipinski definition) is 3. The molecule has 3 atom stereocenters. The first-order valence-electron chi connectivity index (χ1n) is 7.75. The van der Waals surface area contributed by atoms with Gasteiger partial charge in [-0.1, -0.05) is 6.07 Å². The third-order valence-electron chi connectivity index (χ3n) is 4.79. The van der Waals surface area contributed by atoms with E-state index >= 15 is 0 Å². The van der Waals surface area contributed by atoms with E-state index in [4.69, 9.17) is 4.74 Å². The molecule has 4 heteroatoms. The topological polar surface area (TPSA) is 41.6 Å². The number of ether oxygens (including phenoxy) is 1. The maximum absolute atomic E-state index is 12.5. The number of nitrogens with one attached hydrogen (secondary N) is 1. The summed E-state index contributed by atoms with van der Waals surface area (Å²) in [7, 11) is 1.68. The molecule has 21 heavy (non-hydrogen) atoms. The molecule has 0 bridgehead atoms. The number of amides is 1. The van der Waals surface area contributed by atoms with Crippen LogP contribution in [0.3, 0.4) is 0 Å². The molecule has 1 heterocycles. The summed E-state index contributed by atoms with van der Waals surface area (Å²) in [5, 5.41) is 3.43. The molecular formula is C17H24N2O2. The van der Waals surface area contributed by atoms with Crippen LogP contribution in [-0.2, 0) is 4.79 Å². The van der Waals surface area contributed by atoms with Gasteiger partial charge in [0.1, 0.15) is 11.9 Å². The maximum atomic E-state index is 12.5. The van der Waals surface area contributed by atoms with Crippen molar-refractivity contribution >= 4 is 5.91 Å². The molecule has 0 spiro atoms. The number of benzene rings is 1. The fraction of sp³-hybridized carbons (Fsp3) is 0.588. The fourth-order valence-electron chi connectivity index (χ4n) is 3.31. The molecule has 1 aromatic rings. The first kappa shape index (κ1) is 14.4. The van der Waals surface area contributed by atoms with Gasteiger partial charge in [-0.15, -0.1) is 0 Å². The molecule has 2 aliphatic rings. The second-order valence-electron chi connectivity index (χ2n) is 6.34. The average molecular weight is 288 g/mol. The standard InChI is InChI=1S/C17H24N2O2/c1-10-9-14(7-8-15(10)21-4)16-18-11(2)17(20)19(16)12(3)13-5-6-13/h7-9,11-13,16,18H,5-6H2,1-4H3. The van der Waals surface area contributed by atoms with E-state index in [-0.39, 0.29) is 18.1 Å². The molecule has 1 aliphatic carbocycles. The van der Waals surface area contributed by atoms with E-state index < -0.39 is 0 Å². The van der Waals surface area contributed by atoms with E-state index in [2.05, 4.69) is 24.4 Å². The Morgan fingerprint density at radius 1 is 1.38 bits per heavy atom. The van der Waals surface area contributed by atoms with Crippen molar-refractivity contribution in [3.63, 3.8) is 0 Å². The summed E-state index contributed by atoms with van der Waals surface area (Å²) in [5.74, 6) is 1.77. The van der Waals surface area contributed by atoms with Gasteiger partial charge in [0, 0.05) is 6.04 Å². The second kappa shape index (κ2) is 5.34. The normalized spacial score (nSPS) is 27.0. The minimum atomic E-state index is -0.112. The van der Waals surface area contributed by atoms with Gasteiger partial charge in [0.25, 0.3) is 0 Å². The molecule has 1 saturated heterocycles. The van der Waals surface area contributed by atoms with Gasteiger partial charge in [-0.2, -0.15) is 0 Å². The molecule has 1 aliphatic heterocycles. The summed E-state index contributed by atoms with van der Waals surface area (Å²) in [6.45, 7) is 6.17. The van der Waals surface area contributed by atoms with E-state index in [0.717, 1.165) is 16.9 Å². The summed E-state index contributed by atoms with van der Waals surface area (Å²) >= 11 is 0. The third kappa shape index (κ3) is 2.53. The van der Waals surface area contributed by atoms with Gasteiger partial charge < -0.3 is 9.64 Å². The van der Waals surface area contributed by atoms with Crippen LogP contribution in [0.1, 0.15) is 44.0 Å². The average Bonchev–Trinajstić information content (AvgIpc) is 3.26. The minimum absolute atomic E-state index is 0.0206. The zero-order valence-corrected chi connectivity index (χ0v) is 13.2. The Balaban J connectivity index is 1.91. The van der Waals surface area contributed by atoms with Gasteiger partial charge in [0.15, 0.2) is 0 Å². The largest absolute Gasteiger partial charge is 0.496 e. The van der Waals surface area contributed by atoms with Crippen molar-refractivity contribution in [3.8, 4) is 5.75 Å². The molecule has 0 aromatic heterocycles. The van der Waals surface area contributed by atoms with Crippen LogP contribution in [0.25, 0.3) is 0 Å². The quantitative estimate of drug-likeness (QED) is 0.926. The number of carbonyl (C=O) groups excluding carboxylic acids is 1. The second-order valence-corrected chi connectivity index (χ2v) is 6.34. The van der Waals surface area contributed by atoms with Gasteiger partial charge in [-0.25, -0.2) is 0 Å². The van der Waals surface area contributed by atoms with Gasteiger partial charge in [-0.3, -0.25) is 10.1 Å². The predicted octanol–water partition coefficient (Wildman–Crippen LogP) is 2.62. The Bertz CT molecular complexity index is 554. The highest BCUT2D eigenvalue weighted by molar-refractivity contribution is 5.84. The van der Waals surface area contributed by atoms with Crippen molar-refractivity contribution in [2.45, 2.75) is 51.9 Å². The number of nitrogens with zero attached hydrogens (tertiary/aromatic N) is 1. The lowest BCUT2D eigenvalue weighted by Gasteiger charge is -2.31. The Labute approximate surface area is 126 Å². The number of rotatable bonds is 4. The van der Waals surface area contributed by atoms with E-state index in [1.165, 1.54) is 12.8 Å². The van der Waals surface area contributed by atoms with Crippen LogP contribution in [0.4, 0.5) is 0 Å². The number of methoxy groups -OCH3 is 1. The van der Waals surface area contributed by atoms with Crippen molar-refractivity contribution in [2.75, 3.05) is 7.11 Å². The highest BCUT2D eigenvalue weighted by Crippen LogP contribution is 2.40. The van der Waals surface area contributed by atoms with Crippen LogP contribution in [0.5, 0.6) is 5.75 Å². The maximum Gasteiger partial charge on any atom is 0.241 e. The summed E-state index contributed by atoms with van der Waals surface area (Å²) in [6, 6.07) is 6.36. The van der Waals surface area contributed by atoms with Crippen LogP contribution < -0.4 is 10.1 Å². The van der Waals surface area contributed by atoms with Crippen molar-refractivity contribution in [2.24, 2.45) is 5.92 Å². The predicted molar refractivity (Wildman–Crippen MR) is 82.1 cm³/mol. The fourth-order valence-corrected chi connectivity index (χ4v) is 3.31. The van der Waals surface area contributed by atoms with Crippen molar-refractivity contribution in [1.82, 2.24) is 10.2 Å². The number of hydrogen-bond donors (Lipinski definition) is 1. The zero-order chi connectivity index (χ0) is 15.1. The van der Waals surface area contributed by atoms with Gasteiger partial charge in [-0.05, 0) is 62.8 Å². The Kier molecular flexibility index (Phi) is 3.66. The molecule has 1 aromatic carbocycles. The van der Waals surface area contributed by atoms with Crippen LogP contribution in [0, 0.1) is 12.8 Å². The Hall–Kier alpha value is -1.55. The summed E-state index contributed by atoms with van der Waals surface area (Å²) in [4.78, 5) is 14.6. The molecule has 1 saturated carbocycles. The Morgan fingerprint density at radius 3 is 2.67 bits per heavy atom. The van der Waals surface area contributed by atoms with Crippen LogP contribution in [-0.4, -0.2) is 30.0 Å². The monoisotopic (exact) mass is 288 g/mol. The van der Waals surface area contributed by atoms with Crippen LogP contribution in [0.2, 0.25) is 0 Å². The molecule has 2 fully saturated rings. The van der Waals surface area contributed by atoms with E-state index in [1.54, 1.807) is 7.11 Å². The molecule has 1 amide bonds. The van der Waals surface area contributed by atoms with Gasteiger partial charge in [0.2, 0.25) is 5.91 Å². The highest BCUT2D eigenvalue weighted by atomic mass is 16.5. The highest BCUT2D eigenvalue weighted by Gasteiger charge is 2.44. The SMILES string of the molecule is COc1ccc(C2NC(C)C(=O)N2C(C)C2CC2)cc1C. The third-order valence-corrected chi connectivity index (χ3v) is 4.79. The van der Waals surface area contributed by atoms with E-state index in [9.17, 15) is 4.79 Å². The molecule has 0 radical (unpaired) electrons. The van der Waals surface area contributed by atoms with Gasteiger partial charge in [0.05, 0.1) is 13.2 Å². The van der Waals surface area contributed by atoms with E-state index in [1.807, 2.05) is 24.8 Å².